The number of carbonyl (C=O) groups is 2. The van der Waals surface area contributed by atoms with E-state index in [-0.39, 0.29) is 17.1 Å². The predicted molar refractivity (Wildman–Crippen MR) is 75.3 cm³/mol. The minimum atomic E-state index is -0.607. The maximum absolute atomic E-state index is 12.0. The molecule has 2 amide bonds. The smallest absolute Gasteiger partial charge is 0.291 e. The molecule has 0 aliphatic heterocycles. The van der Waals surface area contributed by atoms with Crippen molar-refractivity contribution < 1.29 is 9.59 Å². The molecule has 0 saturated carbocycles. The lowest BCUT2D eigenvalue weighted by molar-refractivity contribution is -0.131. The van der Waals surface area contributed by atoms with Crippen molar-refractivity contribution >= 4 is 11.8 Å². The summed E-state index contributed by atoms with van der Waals surface area (Å²) in [5.74, 6) is 0.0792. The van der Waals surface area contributed by atoms with Crippen molar-refractivity contribution in [3.63, 3.8) is 0 Å². The molecule has 1 rings (SSSR count). The van der Waals surface area contributed by atoms with Crippen LogP contribution in [-0.4, -0.2) is 51.5 Å². The van der Waals surface area contributed by atoms with E-state index in [9.17, 15) is 9.59 Å². The van der Waals surface area contributed by atoms with Crippen LogP contribution in [0.4, 0.5) is 0 Å². The van der Waals surface area contributed by atoms with E-state index in [2.05, 4.69) is 20.5 Å². The largest absolute Gasteiger partial charge is 0.344 e. The standard InChI is InChI=1S/C13H23N5O2/c1-7-18(6)11(20)8(2)14-10(19)9-15-12(17-16-9)13(3,4)5/h8H,7H2,1-6H3,(H,14,19)(H,15,16,17). The van der Waals surface area contributed by atoms with E-state index in [0.29, 0.717) is 12.4 Å². The van der Waals surface area contributed by atoms with Crippen LogP contribution in [0.25, 0.3) is 0 Å². The molecule has 1 aromatic heterocycles. The van der Waals surface area contributed by atoms with Gasteiger partial charge in [-0.25, -0.2) is 4.98 Å². The highest BCUT2D eigenvalue weighted by atomic mass is 16.2. The van der Waals surface area contributed by atoms with Crippen LogP contribution in [0, 0.1) is 0 Å². The quantitative estimate of drug-likeness (QED) is 0.850. The average Bonchev–Trinajstić information content (AvgIpc) is 2.86. The van der Waals surface area contributed by atoms with Gasteiger partial charge in [0, 0.05) is 19.0 Å². The molecule has 20 heavy (non-hydrogen) atoms. The van der Waals surface area contributed by atoms with Gasteiger partial charge in [-0.1, -0.05) is 20.8 Å². The SMILES string of the molecule is CCN(C)C(=O)C(C)NC(=O)c1n[nH]c(C(C)(C)C)n1. The maximum atomic E-state index is 12.0. The van der Waals surface area contributed by atoms with Gasteiger partial charge in [-0.05, 0) is 13.8 Å². The molecule has 1 atom stereocenters. The van der Waals surface area contributed by atoms with E-state index in [4.69, 9.17) is 0 Å². The molecule has 7 nitrogen and oxygen atoms in total. The van der Waals surface area contributed by atoms with Crippen LogP contribution in [0.5, 0.6) is 0 Å². The fourth-order valence-corrected chi connectivity index (χ4v) is 1.51. The van der Waals surface area contributed by atoms with Gasteiger partial charge in [0.25, 0.3) is 5.91 Å². The first kappa shape index (κ1) is 16.1. The lowest BCUT2D eigenvalue weighted by atomic mass is 9.96. The Morgan fingerprint density at radius 2 is 2.00 bits per heavy atom. The second-order valence-corrected chi connectivity index (χ2v) is 5.81. The van der Waals surface area contributed by atoms with Crippen LogP contribution in [-0.2, 0) is 10.2 Å². The van der Waals surface area contributed by atoms with Gasteiger partial charge in [-0.15, -0.1) is 5.10 Å². The summed E-state index contributed by atoms with van der Waals surface area (Å²) in [7, 11) is 1.69. The molecule has 112 valence electrons. The Hall–Kier alpha value is -1.92. The van der Waals surface area contributed by atoms with Crippen LogP contribution in [0.15, 0.2) is 0 Å². The molecule has 1 unspecified atom stereocenters. The van der Waals surface area contributed by atoms with E-state index in [1.54, 1.807) is 18.9 Å². The number of hydrogen-bond donors (Lipinski definition) is 2. The van der Waals surface area contributed by atoms with E-state index in [1.807, 2.05) is 27.7 Å². The highest BCUT2D eigenvalue weighted by Gasteiger charge is 2.24. The summed E-state index contributed by atoms with van der Waals surface area (Å²) in [5.41, 5.74) is -0.213. The zero-order chi connectivity index (χ0) is 15.5. The Morgan fingerprint density at radius 3 is 2.45 bits per heavy atom. The number of rotatable bonds is 4. The number of aromatic amines is 1. The Kier molecular flexibility index (Phi) is 4.86. The molecule has 2 N–H and O–H groups in total. The van der Waals surface area contributed by atoms with Crippen molar-refractivity contribution in [2.24, 2.45) is 0 Å². The lowest BCUT2D eigenvalue weighted by Gasteiger charge is -2.19. The number of hydrogen-bond acceptors (Lipinski definition) is 4. The number of H-pyrrole nitrogens is 1. The summed E-state index contributed by atoms with van der Waals surface area (Å²) in [6.45, 7) is 10.0. The summed E-state index contributed by atoms with van der Waals surface area (Å²) in [6.07, 6.45) is 0. The van der Waals surface area contributed by atoms with Gasteiger partial charge in [-0.3, -0.25) is 14.7 Å². The molecule has 1 aromatic rings. The third kappa shape index (κ3) is 3.79. The zero-order valence-electron chi connectivity index (χ0n) is 12.9. The Labute approximate surface area is 119 Å². The van der Waals surface area contributed by atoms with Crippen molar-refractivity contribution in [3.8, 4) is 0 Å². The fourth-order valence-electron chi connectivity index (χ4n) is 1.51. The van der Waals surface area contributed by atoms with Gasteiger partial charge in [0.05, 0.1) is 0 Å². The van der Waals surface area contributed by atoms with Gasteiger partial charge in [0.2, 0.25) is 11.7 Å². The van der Waals surface area contributed by atoms with E-state index >= 15 is 0 Å². The van der Waals surface area contributed by atoms with Crippen molar-refractivity contribution in [2.75, 3.05) is 13.6 Å². The van der Waals surface area contributed by atoms with E-state index in [0.717, 1.165) is 0 Å². The van der Waals surface area contributed by atoms with Crippen LogP contribution in [0.1, 0.15) is 51.1 Å². The number of carbonyl (C=O) groups excluding carboxylic acids is 2. The molecule has 0 aliphatic carbocycles. The first-order valence-electron chi connectivity index (χ1n) is 6.65. The van der Waals surface area contributed by atoms with Crippen LogP contribution in [0.2, 0.25) is 0 Å². The second-order valence-electron chi connectivity index (χ2n) is 5.81. The normalized spacial score (nSPS) is 12.9. The number of aromatic nitrogens is 3. The Bertz CT molecular complexity index is 489. The van der Waals surface area contributed by atoms with Crippen molar-refractivity contribution in [3.05, 3.63) is 11.6 Å². The maximum Gasteiger partial charge on any atom is 0.291 e. The Morgan fingerprint density at radius 1 is 1.40 bits per heavy atom. The molecule has 0 aliphatic rings. The molecule has 0 spiro atoms. The minimum Gasteiger partial charge on any atom is -0.344 e. The molecule has 0 radical (unpaired) electrons. The van der Waals surface area contributed by atoms with Crippen molar-refractivity contribution in [1.29, 1.82) is 0 Å². The number of nitrogens with one attached hydrogen (secondary N) is 2. The zero-order valence-corrected chi connectivity index (χ0v) is 12.9. The Balaban J connectivity index is 2.72. The minimum absolute atomic E-state index is 0.0497. The molecule has 0 saturated heterocycles. The van der Waals surface area contributed by atoms with E-state index in [1.165, 1.54) is 0 Å². The third-order valence-electron chi connectivity index (χ3n) is 2.97. The average molecular weight is 281 g/mol. The van der Waals surface area contributed by atoms with Gasteiger partial charge in [0.1, 0.15) is 11.9 Å². The van der Waals surface area contributed by atoms with Crippen molar-refractivity contribution in [1.82, 2.24) is 25.4 Å². The predicted octanol–water partition coefficient (Wildman–Crippen LogP) is 0.699. The van der Waals surface area contributed by atoms with Crippen LogP contribution < -0.4 is 5.32 Å². The summed E-state index contributed by atoms with van der Waals surface area (Å²) >= 11 is 0. The third-order valence-corrected chi connectivity index (χ3v) is 2.97. The lowest BCUT2D eigenvalue weighted by Crippen LogP contribution is -2.45. The number of likely N-dealkylation sites (N-methyl/N-ethyl adjacent to an activating group) is 1. The summed E-state index contributed by atoms with van der Waals surface area (Å²) < 4.78 is 0. The van der Waals surface area contributed by atoms with Gasteiger partial charge in [-0.2, -0.15) is 0 Å². The summed E-state index contributed by atoms with van der Waals surface area (Å²) in [4.78, 5) is 29.6. The van der Waals surface area contributed by atoms with Crippen molar-refractivity contribution in [2.45, 2.75) is 46.1 Å². The molecule has 0 bridgehead atoms. The molecule has 1 heterocycles. The van der Waals surface area contributed by atoms with E-state index < -0.39 is 11.9 Å². The van der Waals surface area contributed by atoms with Crippen LogP contribution in [0.3, 0.4) is 0 Å². The summed E-state index contributed by atoms with van der Waals surface area (Å²) in [5, 5.41) is 9.23. The molecule has 0 aromatic carbocycles. The molecular formula is C13H23N5O2. The fraction of sp³-hybridized carbons (Fsp3) is 0.692. The van der Waals surface area contributed by atoms with Gasteiger partial charge < -0.3 is 10.2 Å². The van der Waals surface area contributed by atoms with Gasteiger partial charge >= 0.3 is 0 Å². The first-order valence-corrected chi connectivity index (χ1v) is 6.65. The molecule has 7 heteroatoms. The topological polar surface area (TPSA) is 91.0 Å². The molecular weight excluding hydrogens is 258 g/mol. The highest BCUT2D eigenvalue weighted by molar-refractivity contribution is 5.94. The first-order chi connectivity index (χ1) is 9.16. The summed E-state index contributed by atoms with van der Waals surface area (Å²) in [6, 6.07) is -0.607. The van der Waals surface area contributed by atoms with Gasteiger partial charge in [0.15, 0.2) is 0 Å². The highest BCUT2D eigenvalue weighted by Crippen LogP contribution is 2.17. The monoisotopic (exact) mass is 281 g/mol. The van der Waals surface area contributed by atoms with Crippen LogP contribution >= 0.6 is 0 Å². The number of nitrogens with zero attached hydrogens (tertiary/aromatic N) is 3. The second kappa shape index (κ2) is 6.02. The number of amides is 2. The molecule has 0 fully saturated rings.